The number of hydrogen-bond acceptors (Lipinski definition) is 6. The van der Waals surface area contributed by atoms with E-state index in [0.717, 1.165) is 28.4 Å². The number of benzene rings is 2. The van der Waals surface area contributed by atoms with E-state index in [0.29, 0.717) is 41.1 Å². The molecule has 8 heteroatoms. The highest BCUT2D eigenvalue weighted by Gasteiger charge is 2.17. The number of halogens is 1. The van der Waals surface area contributed by atoms with E-state index < -0.39 is 0 Å². The number of thiazole rings is 1. The highest BCUT2D eigenvalue weighted by molar-refractivity contribution is 7.22. The lowest BCUT2D eigenvalue weighted by atomic mass is 10.1. The van der Waals surface area contributed by atoms with Gasteiger partial charge in [0.05, 0.1) is 34.5 Å². The summed E-state index contributed by atoms with van der Waals surface area (Å²) >= 11 is 1.60. The molecule has 0 spiro atoms. The van der Waals surface area contributed by atoms with Crippen LogP contribution in [0.15, 0.2) is 42.5 Å². The van der Waals surface area contributed by atoms with Crippen molar-refractivity contribution in [3.05, 3.63) is 59.5 Å². The number of aryl methyl sites for hydroxylation is 1. The van der Waals surface area contributed by atoms with E-state index in [4.69, 9.17) is 9.72 Å². The molecule has 2 aromatic heterocycles. The zero-order valence-corrected chi connectivity index (χ0v) is 17.1. The smallest absolute Gasteiger partial charge is 0.256 e. The number of nitrogens with zero attached hydrogens (tertiary/aromatic N) is 3. The first-order valence-corrected chi connectivity index (χ1v) is 10.5. The first-order chi connectivity index (χ1) is 14.6. The SMILES string of the molecule is Cc1cc(C(=O)Nc2ccc3nc(N4CCOCC4)sc3c2)c2ccc(F)cc2n1. The molecule has 2 aromatic carbocycles. The summed E-state index contributed by atoms with van der Waals surface area (Å²) in [5.74, 6) is -0.631. The van der Waals surface area contributed by atoms with Crippen LogP contribution >= 0.6 is 11.3 Å². The molecule has 0 aliphatic carbocycles. The summed E-state index contributed by atoms with van der Waals surface area (Å²) in [7, 11) is 0. The molecule has 1 saturated heterocycles. The van der Waals surface area contributed by atoms with Crippen molar-refractivity contribution in [2.75, 3.05) is 36.5 Å². The lowest BCUT2D eigenvalue weighted by Gasteiger charge is -2.25. The Hall–Kier alpha value is -3.10. The molecule has 0 atom stereocenters. The number of ether oxygens (including phenoxy) is 1. The van der Waals surface area contributed by atoms with E-state index in [1.54, 1.807) is 30.4 Å². The monoisotopic (exact) mass is 422 g/mol. The zero-order chi connectivity index (χ0) is 20.7. The van der Waals surface area contributed by atoms with Gasteiger partial charge in [-0.2, -0.15) is 0 Å². The lowest BCUT2D eigenvalue weighted by molar-refractivity contribution is 0.102. The van der Waals surface area contributed by atoms with Gasteiger partial charge in [-0.05, 0) is 43.3 Å². The van der Waals surface area contributed by atoms with Crippen molar-refractivity contribution in [1.29, 1.82) is 0 Å². The van der Waals surface area contributed by atoms with Crippen molar-refractivity contribution in [1.82, 2.24) is 9.97 Å². The topological polar surface area (TPSA) is 67.4 Å². The van der Waals surface area contributed by atoms with Crippen LogP contribution in [-0.2, 0) is 4.74 Å². The number of fused-ring (bicyclic) bond motifs is 2. The first kappa shape index (κ1) is 18.9. The minimum Gasteiger partial charge on any atom is -0.378 e. The summed E-state index contributed by atoms with van der Waals surface area (Å²) in [6.45, 7) is 4.87. The molecule has 1 fully saturated rings. The molecule has 1 aliphatic heterocycles. The molecule has 5 rings (SSSR count). The fraction of sp³-hybridized carbons (Fsp3) is 0.227. The van der Waals surface area contributed by atoms with Gasteiger partial charge in [0.1, 0.15) is 5.82 Å². The Morgan fingerprint density at radius 2 is 1.93 bits per heavy atom. The average Bonchev–Trinajstić information content (AvgIpc) is 3.17. The molecule has 30 heavy (non-hydrogen) atoms. The van der Waals surface area contributed by atoms with Crippen LogP contribution < -0.4 is 10.2 Å². The predicted octanol–water partition coefficient (Wildman–Crippen LogP) is 4.38. The molecule has 3 heterocycles. The normalized spacial score (nSPS) is 14.4. The van der Waals surface area contributed by atoms with Gasteiger partial charge in [0, 0.05) is 35.9 Å². The van der Waals surface area contributed by atoms with Gasteiger partial charge in [0.15, 0.2) is 5.13 Å². The van der Waals surface area contributed by atoms with Gasteiger partial charge in [-0.3, -0.25) is 9.78 Å². The largest absolute Gasteiger partial charge is 0.378 e. The summed E-state index contributed by atoms with van der Waals surface area (Å²) < 4.78 is 20.0. The Morgan fingerprint density at radius 3 is 2.77 bits per heavy atom. The van der Waals surface area contributed by atoms with Crippen LogP contribution in [0.3, 0.4) is 0 Å². The number of pyridine rings is 1. The minimum absolute atomic E-state index is 0.255. The van der Waals surface area contributed by atoms with Crippen molar-refractivity contribution in [2.24, 2.45) is 0 Å². The van der Waals surface area contributed by atoms with E-state index in [1.807, 2.05) is 18.2 Å². The summed E-state index contributed by atoms with van der Waals surface area (Å²) in [6, 6.07) is 11.7. The van der Waals surface area contributed by atoms with Gasteiger partial charge in [-0.15, -0.1) is 0 Å². The molecule has 0 unspecified atom stereocenters. The second-order valence-corrected chi connectivity index (χ2v) is 8.21. The fourth-order valence-electron chi connectivity index (χ4n) is 3.60. The minimum atomic E-state index is -0.376. The number of aromatic nitrogens is 2. The third-order valence-electron chi connectivity index (χ3n) is 5.06. The number of nitrogens with one attached hydrogen (secondary N) is 1. The maximum absolute atomic E-state index is 13.6. The molecule has 0 bridgehead atoms. The molecule has 4 aromatic rings. The van der Waals surface area contributed by atoms with Crippen LogP contribution in [0.4, 0.5) is 15.2 Å². The second kappa shape index (κ2) is 7.62. The molecule has 152 valence electrons. The summed E-state index contributed by atoms with van der Waals surface area (Å²) in [6.07, 6.45) is 0. The van der Waals surface area contributed by atoms with Gasteiger partial charge >= 0.3 is 0 Å². The molecule has 0 radical (unpaired) electrons. The zero-order valence-electron chi connectivity index (χ0n) is 16.3. The molecule has 1 N–H and O–H groups in total. The number of morpholine rings is 1. The number of carbonyl (C=O) groups is 1. The summed E-state index contributed by atoms with van der Waals surface area (Å²) in [5.41, 5.74) is 3.19. The standard InChI is InChI=1S/C22H19FN4O2S/c1-13-10-17(16-4-2-14(23)11-19(16)24-13)21(28)25-15-3-5-18-20(12-15)30-22(26-18)27-6-8-29-9-7-27/h2-5,10-12H,6-9H2,1H3,(H,25,28). The second-order valence-electron chi connectivity index (χ2n) is 7.21. The van der Waals surface area contributed by atoms with Crippen molar-refractivity contribution in [3.63, 3.8) is 0 Å². The van der Waals surface area contributed by atoms with E-state index in [2.05, 4.69) is 15.2 Å². The Balaban J connectivity index is 1.44. The molecule has 1 aliphatic rings. The number of rotatable bonds is 3. The molecule has 0 saturated carbocycles. The number of amides is 1. The van der Waals surface area contributed by atoms with E-state index in [1.165, 1.54) is 12.1 Å². The molecular formula is C22H19FN4O2S. The van der Waals surface area contributed by atoms with Crippen LogP contribution in [0.25, 0.3) is 21.1 Å². The van der Waals surface area contributed by atoms with E-state index in [9.17, 15) is 9.18 Å². The lowest BCUT2D eigenvalue weighted by Crippen LogP contribution is -2.36. The maximum Gasteiger partial charge on any atom is 0.256 e. The Labute approximate surface area is 176 Å². The molecule has 6 nitrogen and oxygen atoms in total. The van der Waals surface area contributed by atoms with Gasteiger partial charge in [0.2, 0.25) is 0 Å². The highest BCUT2D eigenvalue weighted by Crippen LogP contribution is 2.31. The average molecular weight is 422 g/mol. The van der Waals surface area contributed by atoms with Gasteiger partial charge in [-0.1, -0.05) is 11.3 Å². The predicted molar refractivity (Wildman–Crippen MR) is 117 cm³/mol. The van der Waals surface area contributed by atoms with Crippen molar-refractivity contribution in [3.8, 4) is 0 Å². The number of anilines is 2. The van der Waals surface area contributed by atoms with Crippen molar-refractivity contribution >= 4 is 49.2 Å². The van der Waals surface area contributed by atoms with E-state index >= 15 is 0 Å². The first-order valence-electron chi connectivity index (χ1n) is 9.68. The summed E-state index contributed by atoms with van der Waals surface area (Å²) in [5, 5.41) is 4.54. The number of hydrogen-bond donors (Lipinski definition) is 1. The Morgan fingerprint density at radius 1 is 1.10 bits per heavy atom. The van der Waals surface area contributed by atoms with Crippen LogP contribution in [-0.4, -0.2) is 42.2 Å². The highest BCUT2D eigenvalue weighted by atomic mass is 32.1. The van der Waals surface area contributed by atoms with E-state index in [-0.39, 0.29) is 11.7 Å². The third-order valence-corrected chi connectivity index (χ3v) is 6.14. The van der Waals surface area contributed by atoms with Crippen LogP contribution in [0.1, 0.15) is 16.1 Å². The Bertz CT molecular complexity index is 1260. The van der Waals surface area contributed by atoms with Gasteiger partial charge < -0.3 is 15.0 Å². The maximum atomic E-state index is 13.6. The summed E-state index contributed by atoms with van der Waals surface area (Å²) in [4.78, 5) is 24.2. The quantitative estimate of drug-likeness (QED) is 0.531. The van der Waals surface area contributed by atoms with Crippen molar-refractivity contribution < 1.29 is 13.9 Å². The van der Waals surface area contributed by atoms with Crippen molar-refractivity contribution in [2.45, 2.75) is 6.92 Å². The van der Waals surface area contributed by atoms with Gasteiger partial charge in [-0.25, -0.2) is 9.37 Å². The van der Waals surface area contributed by atoms with Crippen LogP contribution in [0.2, 0.25) is 0 Å². The Kier molecular flexibility index (Phi) is 4.80. The van der Waals surface area contributed by atoms with Crippen LogP contribution in [0, 0.1) is 12.7 Å². The molecular weight excluding hydrogens is 403 g/mol. The number of carbonyl (C=O) groups excluding carboxylic acids is 1. The van der Waals surface area contributed by atoms with Crippen LogP contribution in [0.5, 0.6) is 0 Å². The third kappa shape index (κ3) is 3.59. The molecule has 1 amide bonds. The fourth-order valence-corrected chi connectivity index (χ4v) is 4.66. The van der Waals surface area contributed by atoms with Gasteiger partial charge in [0.25, 0.3) is 5.91 Å².